The molecule has 0 heterocycles. The molecule has 0 aromatic carbocycles. The third-order valence-electron chi connectivity index (χ3n) is 2.65. The summed E-state index contributed by atoms with van der Waals surface area (Å²) in [5.74, 6) is 1.05. The van der Waals surface area contributed by atoms with Crippen molar-refractivity contribution in [2.45, 2.75) is 31.7 Å². The van der Waals surface area contributed by atoms with Gasteiger partial charge in [-0.2, -0.15) is 0 Å². The number of rotatable bonds is 1. The first-order valence-electron chi connectivity index (χ1n) is 4.37. The molecule has 3 nitrogen and oxygen atoms in total. The summed E-state index contributed by atoms with van der Waals surface area (Å²) in [5, 5.41) is 3.68. The molecule has 2 saturated carbocycles. The Morgan fingerprint density at radius 2 is 2.50 bits per heavy atom. The van der Waals surface area contributed by atoms with Crippen molar-refractivity contribution in [1.82, 2.24) is 0 Å². The molecule has 54 valence electrons. The normalized spacial score (nSPS) is 52.2. The van der Waals surface area contributed by atoms with Crippen LogP contribution in [0.2, 0.25) is 0 Å². The molecule has 0 aromatic heterocycles. The first kappa shape index (κ1) is 5.03. The van der Waals surface area contributed by atoms with E-state index in [1.54, 1.807) is 0 Å². The lowest BCUT2D eigenvalue weighted by Crippen LogP contribution is -2.12. The van der Waals surface area contributed by atoms with Crippen LogP contribution in [-0.4, -0.2) is 6.04 Å². The Morgan fingerprint density at radius 3 is 3.10 bits per heavy atom. The molecule has 2 aliphatic carbocycles. The average Bonchev–Trinajstić information content (AvgIpc) is 2.54. The number of azide groups is 1. The molecule has 10 heavy (non-hydrogen) atoms. The molecule has 4 atom stereocenters. The second kappa shape index (κ2) is 2.17. The molecule has 0 aromatic rings. The fourth-order valence-corrected chi connectivity index (χ4v) is 2.17. The van der Waals surface area contributed by atoms with E-state index in [1.165, 1.54) is 12.8 Å². The predicted octanol–water partition coefficient (Wildman–Crippen LogP) is 2.49. The van der Waals surface area contributed by atoms with Gasteiger partial charge < -0.3 is 0 Å². The van der Waals surface area contributed by atoms with Crippen LogP contribution in [0, 0.1) is 11.8 Å². The van der Waals surface area contributed by atoms with Gasteiger partial charge in [-0.1, -0.05) is 11.5 Å². The Labute approximate surface area is 61.5 Å². The summed E-state index contributed by atoms with van der Waals surface area (Å²) >= 11 is 0. The molecule has 0 N–H and O–H groups in total. The van der Waals surface area contributed by atoms with Gasteiger partial charge in [-0.15, -0.1) is 0 Å². The summed E-state index contributed by atoms with van der Waals surface area (Å²) in [5.41, 5.74) is 8.25. The van der Waals surface area contributed by atoms with Gasteiger partial charge in [-0.25, -0.2) is 0 Å². The lowest BCUT2D eigenvalue weighted by Gasteiger charge is -2.15. The zero-order chi connectivity index (χ0) is 7.84. The number of nitrogens with zero attached hydrogens (tertiary/aromatic N) is 3. The van der Waals surface area contributed by atoms with E-state index in [-0.39, 0.29) is 12.4 Å². The highest BCUT2D eigenvalue weighted by Crippen LogP contribution is 2.45. The first-order chi connectivity index (χ1) is 5.33. The van der Waals surface area contributed by atoms with Crippen molar-refractivity contribution < 1.29 is 1.37 Å². The smallest absolute Gasteiger partial charge is 0.0405 e. The molecule has 4 unspecified atom stereocenters. The maximum Gasteiger partial charge on any atom is 0.0405 e. The minimum atomic E-state index is -0.107. The summed E-state index contributed by atoms with van der Waals surface area (Å²) in [6, 6.07) is -0.0150. The second-order valence-electron chi connectivity index (χ2n) is 3.22. The van der Waals surface area contributed by atoms with Crippen molar-refractivity contribution in [3.05, 3.63) is 10.4 Å². The van der Waals surface area contributed by atoms with Gasteiger partial charge in [0.2, 0.25) is 0 Å². The van der Waals surface area contributed by atoms with Crippen molar-refractivity contribution >= 4 is 0 Å². The highest BCUT2D eigenvalue weighted by Gasteiger charge is 2.38. The Kier molecular flexibility index (Phi) is 1.09. The first-order valence-corrected chi connectivity index (χ1v) is 3.79. The standard InChI is InChI=1S/C7H11N3/c8-10-9-7-4-5-1-2-6(7)3-5/h5-7H,1-4H2/i4D. The molecule has 2 fully saturated rings. The SMILES string of the molecule is [2H]C1C2CCC(C2)C1N=[N+]=[N-]. The summed E-state index contributed by atoms with van der Waals surface area (Å²) in [6.07, 6.45) is 3.36. The van der Waals surface area contributed by atoms with Crippen molar-refractivity contribution in [1.29, 1.82) is 0 Å². The van der Waals surface area contributed by atoms with Gasteiger partial charge in [0.1, 0.15) is 0 Å². The number of hydrogen-bond donors (Lipinski definition) is 0. The van der Waals surface area contributed by atoms with Gasteiger partial charge in [0.25, 0.3) is 0 Å². The zero-order valence-corrected chi connectivity index (χ0v) is 5.77. The largest absolute Gasteiger partial charge is 0.0903 e. The Morgan fingerprint density at radius 1 is 1.60 bits per heavy atom. The highest BCUT2D eigenvalue weighted by molar-refractivity contribution is 4.94. The van der Waals surface area contributed by atoms with Crippen molar-refractivity contribution in [3.8, 4) is 0 Å². The van der Waals surface area contributed by atoms with E-state index in [4.69, 9.17) is 6.90 Å². The van der Waals surface area contributed by atoms with Gasteiger partial charge >= 0.3 is 0 Å². The Balaban J connectivity index is 2.17. The number of hydrogen-bond acceptors (Lipinski definition) is 1. The van der Waals surface area contributed by atoms with Crippen LogP contribution in [0.25, 0.3) is 10.4 Å². The fraction of sp³-hybridized carbons (Fsp3) is 1.00. The maximum absolute atomic E-state index is 8.25. The summed E-state index contributed by atoms with van der Waals surface area (Å²) in [7, 11) is 0. The van der Waals surface area contributed by atoms with Gasteiger partial charge in [0.05, 0.1) is 0 Å². The molecule has 0 saturated heterocycles. The molecule has 0 radical (unpaired) electrons. The molecule has 2 rings (SSSR count). The lowest BCUT2D eigenvalue weighted by molar-refractivity contribution is 0.417. The van der Waals surface area contributed by atoms with Crippen LogP contribution in [0.1, 0.15) is 27.0 Å². The van der Waals surface area contributed by atoms with Crippen molar-refractivity contribution in [2.24, 2.45) is 17.0 Å². The van der Waals surface area contributed by atoms with E-state index in [2.05, 4.69) is 10.0 Å². The van der Waals surface area contributed by atoms with Crippen LogP contribution in [-0.2, 0) is 0 Å². The van der Waals surface area contributed by atoms with Gasteiger partial charge in [-0.3, -0.25) is 0 Å². The summed E-state index contributed by atoms with van der Waals surface area (Å²) in [6.45, 7) is 0. The molecule has 2 bridgehead atoms. The van der Waals surface area contributed by atoms with E-state index >= 15 is 0 Å². The topological polar surface area (TPSA) is 48.8 Å². The molecule has 0 amide bonds. The van der Waals surface area contributed by atoms with E-state index in [0.717, 1.165) is 6.42 Å². The Hall–Kier alpha value is -0.690. The number of fused-ring (bicyclic) bond motifs is 2. The summed E-state index contributed by atoms with van der Waals surface area (Å²) < 4.78 is 7.72. The van der Waals surface area contributed by atoms with Crippen molar-refractivity contribution in [2.75, 3.05) is 0 Å². The van der Waals surface area contributed by atoms with Crippen LogP contribution in [0.15, 0.2) is 5.11 Å². The van der Waals surface area contributed by atoms with Gasteiger partial charge in [0, 0.05) is 12.3 Å². The fourth-order valence-electron chi connectivity index (χ4n) is 2.17. The van der Waals surface area contributed by atoms with Crippen LogP contribution in [0.4, 0.5) is 0 Å². The molecule has 0 aliphatic heterocycles. The predicted molar refractivity (Wildman–Crippen MR) is 38.4 cm³/mol. The average molecular weight is 138 g/mol. The van der Waals surface area contributed by atoms with Crippen LogP contribution < -0.4 is 0 Å². The van der Waals surface area contributed by atoms with E-state index in [9.17, 15) is 0 Å². The van der Waals surface area contributed by atoms with Crippen LogP contribution in [0.5, 0.6) is 0 Å². The van der Waals surface area contributed by atoms with Crippen molar-refractivity contribution in [3.63, 3.8) is 0 Å². The minimum absolute atomic E-state index is 0.0150. The third kappa shape index (κ3) is 0.781. The molecule has 3 heteroatoms. The quantitative estimate of drug-likeness (QED) is 0.303. The third-order valence-corrected chi connectivity index (χ3v) is 2.65. The molecule has 0 spiro atoms. The Bertz CT molecular complexity index is 210. The van der Waals surface area contributed by atoms with Crippen LogP contribution in [0.3, 0.4) is 0 Å². The van der Waals surface area contributed by atoms with E-state index in [1.807, 2.05) is 0 Å². The van der Waals surface area contributed by atoms with E-state index < -0.39 is 0 Å². The summed E-state index contributed by atoms with van der Waals surface area (Å²) in [4.78, 5) is 2.79. The molecular weight excluding hydrogens is 126 g/mol. The minimum Gasteiger partial charge on any atom is -0.0903 e. The second-order valence-corrected chi connectivity index (χ2v) is 3.22. The zero-order valence-electron chi connectivity index (χ0n) is 6.77. The maximum atomic E-state index is 8.25. The van der Waals surface area contributed by atoms with E-state index in [0.29, 0.717) is 11.8 Å². The molecular formula is C7H11N3. The lowest BCUT2D eigenvalue weighted by atomic mass is 9.96. The monoisotopic (exact) mass is 138 g/mol. The molecule has 2 aliphatic rings. The van der Waals surface area contributed by atoms with Gasteiger partial charge in [0.15, 0.2) is 0 Å². The highest BCUT2D eigenvalue weighted by atomic mass is 15.2. The van der Waals surface area contributed by atoms with Crippen LogP contribution >= 0.6 is 0 Å². The van der Waals surface area contributed by atoms with Gasteiger partial charge in [-0.05, 0) is 36.6 Å².